The van der Waals surface area contributed by atoms with E-state index < -0.39 is 0 Å². The second-order valence-electron chi connectivity index (χ2n) is 2.87. The highest BCUT2D eigenvalue weighted by atomic mass is 32.2. The Morgan fingerprint density at radius 1 is 1.40 bits per heavy atom. The number of rotatable bonds is 1. The zero-order valence-corrected chi connectivity index (χ0v) is 6.68. The Bertz CT molecular complexity index is 170. The first-order valence-electron chi connectivity index (χ1n) is 3.80. The van der Waals surface area contributed by atoms with Crippen LogP contribution in [0.4, 0.5) is 0 Å². The Labute approximate surface area is 65.6 Å². The van der Waals surface area contributed by atoms with Gasteiger partial charge in [0.15, 0.2) is 0 Å². The maximum absolute atomic E-state index is 4.14. The van der Waals surface area contributed by atoms with Gasteiger partial charge in [0.2, 0.25) is 0 Å². The van der Waals surface area contributed by atoms with E-state index in [1.807, 2.05) is 18.0 Å². The van der Waals surface area contributed by atoms with E-state index in [0.29, 0.717) is 5.25 Å². The molecule has 0 bridgehead atoms. The van der Waals surface area contributed by atoms with Crippen molar-refractivity contribution >= 4 is 18.0 Å². The van der Waals surface area contributed by atoms with E-state index in [2.05, 4.69) is 16.6 Å². The van der Waals surface area contributed by atoms with E-state index in [-0.39, 0.29) is 0 Å². The van der Waals surface area contributed by atoms with Crippen LogP contribution in [0.3, 0.4) is 0 Å². The normalized spacial score (nSPS) is 32.2. The van der Waals surface area contributed by atoms with Crippen molar-refractivity contribution in [2.45, 2.75) is 24.5 Å². The topological polar surface area (TPSA) is 12.4 Å². The summed E-state index contributed by atoms with van der Waals surface area (Å²) < 4.78 is 0. The molecule has 0 aromatic heterocycles. The second kappa shape index (κ2) is 2.79. The summed E-state index contributed by atoms with van der Waals surface area (Å²) in [4.78, 5) is 4.14. The van der Waals surface area contributed by atoms with Crippen molar-refractivity contribution < 1.29 is 0 Å². The van der Waals surface area contributed by atoms with E-state index in [9.17, 15) is 0 Å². The van der Waals surface area contributed by atoms with Crippen molar-refractivity contribution in [3.63, 3.8) is 0 Å². The summed E-state index contributed by atoms with van der Waals surface area (Å²) >= 11 is 1.92. The molecule has 1 aliphatic carbocycles. The highest BCUT2D eigenvalue weighted by molar-refractivity contribution is 8.03. The van der Waals surface area contributed by atoms with Gasteiger partial charge < -0.3 is 0 Å². The molecule has 2 heteroatoms. The monoisotopic (exact) mass is 153 g/mol. The standard InChI is InChI=1S/C8H11NS/c1-2-7(3-1)8-6-9-4-5-10-8/h4-8H,1-3H2. The third-order valence-corrected chi connectivity index (χ3v) is 3.33. The molecule has 1 unspecified atom stereocenters. The molecule has 0 aromatic rings. The van der Waals surface area contributed by atoms with Gasteiger partial charge in [0.05, 0.1) is 0 Å². The third-order valence-electron chi connectivity index (χ3n) is 2.23. The van der Waals surface area contributed by atoms with Gasteiger partial charge in [0.25, 0.3) is 0 Å². The first kappa shape index (κ1) is 6.47. The van der Waals surface area contributed by atoms with Crippen LogP contribution < -0.4 is 0 Å². The lowest BCUT2D eigenvalue weighted by molar-refractivity contribution is 0.335. The molecule has 0 amide bonds. The first-order chi connectivity index (χ1) is 4.97. The second-order valence-corrected chi connectivity index (χ2v) is 3.96. The Hall–Kier alpha value is -0.240. The minimum atomic E-state index is 0.693. The Morgan fingerprint density at radius 3 is 2.80 bits per heavy atom. The molecule has 2 rings (SSSR count). The summed E-state index contributed by atoms with van der Waals surface area (Å²) in [6.07, 6.45) is 8.22. The minimum absolute atomic E-state index is 0.693. The van der Waals surface area contributed by atoms with Crippen molar-refractivity contribution in [3.8, 4) is 0 Å². The summed E-state index contributed by atoms with van der Waals surface area (Å²) in [5.74, 6) is 0.929. The van der Waals surface area contributed by atoms with Crippen LogP contribution >= 0.6 is 11.8 Å². The van der Waals surface area contributed by atoms with Crippen LogP contribution in [-0.4, -0.2) is 11.5 Å². The van der Waals surface area contributed by atoms with Gasteiger partial charge in [-0.25, -0.2) is 0 Å². The molecule has 1 aliphatic heterocycles. The van der Waals surface area contributed by atoms with Crippen LogP contribution in [0.2, 0.25) is 0 Å². The molecule has 0 saturated heterocycles. The van der Waals surface area contributed by atoms with Crippen LogP contribution in [0.25, 0.3) is 0 Å². The van der Waals surface area contributed by atoms with Gasteiger partial charge in [-0.1, -0.05) is 6.42 Å². The molecule has 10 heavy (non-hydrogen) atoms. The van der Waals surface area contributed by atoms with Crippen LogP contribution in [-0.2, 0) is 0 Å². The fourth-order valence-electron chi connectivity index (χ4n) is 1.33. The van der Waals surface area contributed by atoms with E-state index in [4.69, 9.17) is 0 Å². The summed E-state index contributed by atoms with van der Waals surface area (Å²) in [6.45, 7) is 0. The Balaban J connectivity index is 1.92. The average Bonchev–Trinajstić information content (AvgIpc) is 1.86. The molecule has 1 heterocycles. The van der Waals surface area contributed by atoms with Gasteiger partial charge in [-0.2, -0.15) is 0 Å². The third kappa shape index (κ3) is 1.12. The highest BCUT2D eigenvalue weighted by Gasteiger charge is 2.26. The molecule has 2 aliphatic rings. The quantitative estimate of drug-likeness (QED) is 0.563. The van der Waals surface area contributed by atoms with Crippen LogP contribution in [0.15, 0.2) is 16.6 Å². The van der Waals surface area contributed by atoms with Crippen molar-refractivity contribution in [2.24, 2.45) is 10.9 Å². The molecule has 1 nitrogen and oxygen atoms in total. The minimum Gasteiger partial charge on any atom is -0.267 e. The van der Waals surface area contributed by atoms with Crippen molar-refractivity contribution in [2.75, 3.05) is 0 Å². The molecule has 0 spiro atoms. The summed E-state index contributed by atoms with van der Waals surface area (Å²) in [7, 11) is 0. The van der Waals surface area contributed by atoms with Gasteiger partial charge in [-0.05, 0) is 24.2 Å². The highest BCUT2D eigenvalue weighted by Crippen LogP contribution is 2.36. The van der Waals surface area contributed by atoms with Gasteiger partial charge in [0, 0.05) is 17.7 Å². The smallest absolute Gasteiger partial charge is 0.0470 e. The molecular weight excluding hydrogens is 142 g/mol. The van der Waals surface area contributed by atoms with Gasteiger partial charge >= 0.3 is 0 Å². The predicted molar refractivity (Wildman–Crippen MR) is 46.4 cm³/mol. The number of aliphatic imine (C=N–C) groups is 1. The fraction of sp³-hybridized carbons (Fsp3) is 0.625. The summed E-state index contributed by atoms with van der Waals surface area (Å²) in [5, 5.41) is 2.79. The number of hydrogen-bond donors (Lipinski definition) is 0. The van der Waals surface area contributed by atoms with Gasteiger partial charge in [-0.15, -0.1) is 11.8 Å². The molecule has 1 atom stereocenters. The van der Waals surface area contributed by atoms with Crippen LogP contribution in [0.1, 0.15) is 19.3 Å². The molecule has 1 fully saturated rings. The predicted octanol–water partition coefficient (Wildman–Crippen LogP) is 2.44. The maximum Gasteiger partial charge on any atom is 0.0470 e. The van der Waals surface area contributed by atoms with Gasteiger partial charge in [-0.3, -0.25) is 4.99 Å². The largest absolute Gasteiger partial charge is 0.267 e. The Morgan fingerprint density at radius 2 is 2.30 bits per heavy atom. The number of thioether (sulfide) groups is 1. The molecular formula is C8H11NS. The zero-order chi connectivity index (χ0) is 6.81. The van der Waals surface area contributed by atoms with Gasteiger partial charge in [0.1, 0.15) is 0 Å². The zero-order valence-electron chi connectivity index (χ0n) is 5.86. The molecule has 0 radical (unpaired) electrons. The SMILES string of the molecule is C1=CSC(C2CCC2)C=N1. The maximum atomic E-state index is 4.14. The van der Waals surface area contributed by atoms with Crippen LogP contribution in [0, 0.1) is 5.92 Å². The summed E-state index contributed by atoms with van der Waals surface area (Å²) in [6, 6.07) is 0. The molecule has 0 aromatic carbocycles. The summed E-state index contributed by atoms with van der Waals surface area (Å²) in [5.41, 5.74) is 0. The fourth-order valence-corrected chi connectivity index (χ4v) is 2.29. The van der Waals surface area contributed by atoms with Crippen molar-refractivity contribution in [1.82, 2.24) is 0 Å². The molecule has 0 N–H and O–H groups in total. The lowest BCUT2D eigenvalue weighted by Crippen LogP contribution is -2.25. The van der Waals surface area contributed by atoms with E-state index in [0.717, 1.165) is 5.92 Å². The average molecular weight is 153 g/mol. The molecule has 1 saturated carbocycles. The molecule has 54 valence electrons. The first-order valence-corrected chi connectivity index (χ1v) is 4.75. The van der Waals surface area contributed by atoms with Crippen molar-refractivity contribution in [1.29, 1.82) is 0 Å². The number of nitrogens with zero attached hydrogens (tertiary/aromatic N) is 1. The lowest BCUT2D eigenvalue weighted by Gasteiger charge is -2.30. The van der Waals surface area contributed by atoms with E-state index in [1.165, 1.54) is 19.3 Å². The Kier molecular flexibility index (Phi) is 1.80. The van der Waals surface area contributed by atoms with Crippen LogP contribution in [0.5, 0.6) is 0 Å². The van der Waals surface area contributed by atoms with E-state index in [1.54, 1.807) is 0 Å². The lowest BCUT2D eigenvalue weighted by atomic mass is 9.83. The number of hydrogen-bond acceptors (Lipinski definition) is 2. The van der Waals surface area contributed by atoms with E-state index >= 15 is 0 Å². The van der Waals surface area contributed by atoms with Crippen molar-refractivity contribution in [3.05, 3.63) is 11.6 Å².